The lowest BCUT2D eigenvalue weighted by Gasteiger charge is -1.98. The minimum Gasteiger partial charge on any atom is -0.502 e. The summed E-state index contributed by atoms with van der Waals surface area (Å²) < 4.78 is 5.30. The van der Waals surface area contributed by atoms with Gasteiger partial charge < -0.3 is 9.52 Å². The van der Waals surface area contributed by atoms with E-state index in [9.17, 15) is 30.1 Å². The van der Waals surface area contributed by atoms with Crippen LogP contribution >= 0.6 is 0 Å². The van der Waals surface area contributed by atoms with Gasteiger partial charge in [0.05, 0.1) is 16.1 Å². The van der Waals surface area contributed by atoms with Crippen LogP contribution in [-0.2, 0) is 0 Å². The third-order valence-corrected chi connectivity index (χ3v) is 3.51. The zero-order valence-electron chi connectivity index (χ0n) is 13.4. The number of furan rings is 1. The summed E-state index contributed by atoms with van der Waals surface area (Å²) in [4.78, 5) is 32.3. The largest absolute Gasteiger partial charge is 0.502 e. The number of phenols is 1. The van der Waals surface area contributed by atoms with Gasteiger partial charge in [-0.1, -0.05) is 0 Å². The standard InChI is InChI=1S/C16H10N4O7/c21-13-3-1-9(5-12(13)20(25)26)8-17-18-16(22)15-7-10-6-11(19(23)24)2-4-14(10)27-15/h1-8,21H,(H,18,22)/b17-8+. The van der Waals surface area contributed by atoms with E-state index in [0.717, 1.165) is 18.3 Å². The van der Waals surface area contributed by atoms with E-state index < -0.39 is 27.2 Å². The third kappa shape index (κ3) is 3.71. The van der Waals surface area contributed by atoms with Crippen LogP contribution in [0, 0.1) is 20.2 Å². The van der Waals surface area contributed by atoms with Gasteiger partial charge in [-0.05, 0) is 24.3 Å². The van der Waals surface area contributed by atoms with E-state index >= 15 is 0 Å². The molecule has 0 unspecified atom stereocenters. The molecule has 0 aliphatic heterocycles. The molecule has 0 aliphatic carbocycles. The van der Waals surface area contributed by atoms with Gasteiger partial charge in [0.25, 0.3) is 5.69 Å². The molecule has 0 saturated heterocycles. The Hall–Kier alpha value is -4.28. The van der Waals surface area contributed by atoms with Gasteiger partial charge >= 0.3 is 11.6 Å². The number of benzene rings is 2. The van der Waals surface area contributed by atoms with Crippen molar-refractivity contribution in [3.05, 3.63) is 74.0 Å². The number of fused-ring (bicyclic) bond motifs is 1. The van der Waals surface area contributed by atoms with Crippen LogP contribution < -0.4 is 5.43 Å². The van der Waals surface area contributed by atoms with Crippen molar-refractivity contribution in [2.75, 3.05) is 0 Å². The number of hydrogen-bond acceptors (Lipinski definition) is 8. The number of carbonyl (C=O) groups excluding carboxylic acids is 1. The average Bonchev–Trinajstić information content (AvgIpc) is 3.06. The number of non-ortho nitro benzene ring substituents is 1. The van der Waals surface area contributed by atoms with Crippen molar-refractivity contribution >= 4 is 34.5 Å². The first-order valence-corrected chi connectivity index (χ1v) is 7.34. The number of phenolic OH excluding ortho intramolecular Hbond substituents is 1. The highest BCUT2D eigenvalue weighted by Gasteiger charge is 2.15. The maximum absolute atomic E-state index is 12.1. The SMILES string of the molecule is O=C(N/N=C/c1ccc(O)c([N+](=O)[O-])c1)c1cc2cc([N+](=O)[O-])ccc2o1. The number of aromatic hydroxyl groups is 1. The molecule has 0 spiro atoms. The molecular weight excluding hydrogens is 360 g/mol. The number of amides is 1. The van der Waals surface area contributed by atoms with E-state index in [4.69, 9.17) is 4.42 Å². The molecule has 11 nitrogen and oxygen atoms in total. The predicted octanol–water partition coefficient (Wildman–Crippen LogP) is 2.72. The molecule has 2 aromatic carbocycles. The molecule has 0 bridgehead atoms. The summed E-state index contributed by atoms with van der Waals surface area (Å²) in [6.07, 6.45) is 1.15. The Morgan fingerprint density at radius 2 is 1.89 bits per heavy atom. The Morgan fingerprint density at radius 3 is 2.59 bits per heavy atom. The molecule has 0 atom stereocenters. The van der Waals surface area contributed by atoms with Crippen LogP contribution in [-0.4, -0.2) is 27.1 Å². The van der Waals surface area contributed by atoms with Crippen LogP contribution in [0.15, 0.2) is 52.0 Å². The number of hydrogen-bond donors (Lipinski definition) is 2. The number of nitrogens with one attached hydrogen (secondary N) is 1. The van der Waals surface area contributed by atoms with Crippen molar-refractivity contribution < 1.29 is 24.2 Å². The number of nitro benzene ring substituents is 2. The Morgan fingerprint density at radius 1 is 1.11 bits per heavy atom. The lowest BCUT2D eigenvalue weighted by atomic mass is 10.2. The molecule has 1 amide bonds. The predicted molar refractivity (Wildman–Crippen MR) is 92.7 cm³/mol. The average molecular weight is 370 g/mol. The van der Waals surface area contributed by atoms with Crippen molar-refractivity contribution in [1.29, 1.82) is 0 Å². The molecule has 3 aromatic rings. The highest BCUT2D eigenvalue weighted by Crippen LogP contribution is 2.26. The van der Waals surface area contributed by atoms with Crippen LogP contribution in [0.1, 0.15) is 16.1 Å². The zero-order chi connectivity index (χ0) is 19.6. The minimum absolute atomic E-state index is 0.112. The van der Waals surface area contributed by atoms with E-state index in [1.807, 2.05) is 0 Å². The van der Waals surface area contributed by atoms with E-state index in [2.05, 4.69) is 10.5 Å². The second-order valence-electron chi connectivity index (χ2n) is 5.29. The monoisotopic (exact) mass is 370 g/mol. The van der Waals surface area contributed by atoms with Gasteiger partial charge in [-0.15, -0.1) is 0 Å². The third-order valence-electron chi connectivity index (χ3n) is 3.51. The van der Waals surface area contributed by atoms with E-state index in [-0.39, 0.29) is 17.0 Å². The van der Waals surface area contributed by atoms with Gasteiger partial charge in [0.1, 0.15) is 5.58 Å². The van der Waals surface area contributed by atoms with Gasteiger partial charge in [-0.3, -0.25) is 25.0 Å². The molecule has 136 valence electrons. The van der Waals surface area contributed by atoms with Crippen LogP contribution in [0.25, 0.3) is 11.0 Å². The molecule has 1 aromatic heterocycles. The smallest absolute Gasteiger partial charge is 0.311 e. The Kier molecular flexibility index (Phi) is 4.49. The van der Waals surface area contributed by atoms with Crippen LogP contribution in [0.5, 0.6) is 5.75 Å². The molecule has 3 rings (SSSR count). The van der Waals surface area contributed by atoms with E-state index in [1.165, 1.54) is 30.3 Å². The molecule has 0 fully saturated rings. The van der Waals surface area contributed by atoms with E-state index in [0.29, 0.717) is 11.0 Å². The Bertz CT molecular complexity index is 1100. The first-order valence-electron chi connectivity index (χ1n) is 7.34. The molecule has 27 heavy (non-hydrogen) atoms. The van der Waals surface area contributed by atoms with Crippen LogP contribution in [0.4, 0.5) is 11.4 Å². The first-order chi connectivity index (χ1) is 12.8. The van der Waals surface area contributed by atoms with Gasteiger partial charge in [0.2, 0.25) is 0 Å². The molecule has 0 radical (unpaired) electrons. The van der Waals surface area contributed by atoms with Crippen molar-refractivity contribution in [3.63, 3.8) is 0 Å². The zero-order valence-corrected chi connectivity index (χ0v) is 13.4. The maximum Gasteiger partial charge on any atom is 0.311 e. The molecule has 2 N–H and O–H groups in total. The molecule has 0 saturated carbocycles. The van der Waals surface area contributed by atoms with Crippen molar-refractivity contribution in [2.45, 2.75) is 0 Å². The lowest BCUT2D eigenvalue weighted by molar-refractivity contribution is -0.385. The number of hydrazone groups is 1. The number of rotatable bonds is 5. The minimum atomic E-state index is -0.751. The first kappa shape index (κ1) is 17.5. The highest BCUT2D eigenvalue weighted by molar-refractivity contribution is 5.97. The summed E-state index contributed by atoms with van der Waals surface area (Å²) in [5, 5.41) is 35.0. The number of nitrogens with zero attached hydrogens (tertiary/aromatic N) is 3. The van der Waals surface area contributed by atoms with Crippen LogP contribution in [0.2, 0.25) is 0 Å². The van der Waals surface area contributed by atoms with Crippen molar-refractivity contribution in [2.24, 2.45) is 5.10 Å². The topological polar surface area (TPSA) is 161 Å². The van der Waals surface area contributed by atoms with Crippen molar-refractivity contribution in [3.8, 4) is 5.75 Å². The normalized spacial score (nSPS) is 11.0. The summed E-state index contributed by atoms with van der Waals surface area (Å²) >= 11 is 0. The molecular formula is C16H10N4O7. The maximum atomic E-state index is 12.1. The highest BCUT2D eigenvalue weighted by atomic mass is 16.6. The summed E-state index contributed by atoms with van der Waals surface area (Å²) in [7, 11) is 0. The number of nitro groups is 2. The van der Waals surface area contributed by atoms with Gasteiger partial charge in [-0.25, -0.2) is 5.43 Å². The van der Waals surface area contributed by atoms with Gasteiger partial charge in [-0.2, -0.15) is 5.10 Å². The molecule has 0 aliphatic rings. The van der Waals surface area contributed by atoms with Gasteiger partial charge in [0, 0.05) is 29.1 Å². The fourth-order valence-corrected chi connectivity index (χ4v) is 2.24. The van der Waals surface area contributed by atoms with Gasteiger partial charge in [0.15, 0.2) is 11.5 Å². The second-order valence-corrected chi connectivity index (χ2v) is 5.29. The second kappa shape index (κ2) is 6.92. The summed E-state index contributed by atoms with van der Waals surface area (Å²) in [5.74, 6) is -1.31. The Labute approximate surface area is 149 Å². The Balaban J connectivity index is 1.75. The van der Waals surface area contributed by atoms with Crippen molar-refractivity contribution in [1.82, 2.24) is 5.43 Å². The lowest BCUT2D eigenvalue weighted by Crippen LogP contribution is -2.16. The fourth-order valence-electron chi connectivity index (χ4n) is 2.24. The summed E-state index contributed by atoms with van der Waals surface area (Å²) in [6, 6.07) is 8.83. The molecule has 11 heteroatoms. The van der Waals surface area contributed by atoms with Crippen LogP contribution in [0.3, 0.4) is 0 Å². The quantitative estimate of drug-likeness (QED) is 0.396. The summed E-state index contributed by atoms with van der Waals surface area (Å²) in [6.45, 7) is 0. The number of carbonyl (C=O) groups is 1. The van der Waals surface area contributed by atoms with E-state index in [1.54, 1.807) is 0 Å². The fraction of sp³-hybridized carbons (Fsp3) is 0. The molecule has 1 heterocycles. The summed E-state index contributed by atoms with van der Waals surface area (Å²) in [5.41, 5.74) is 2.12.